The summed E-state index contributed by atoms with van der Waals surface area (Å²) in [4.78, 5) is 32.6. The largest absolute Gasteiger partial charge is 0.368 e. The number of fused-ring (bicyclic) bond motifs is 3. The van der Waals surface area contributed by atoms with Crippen LogP contribution in [0.2, 0.25) is 0 Å². The van der Waals surface area contributed by atoms with Crippen LogP contribution < -0.4 is 10.2 Å². The molecule has 2 saturated heterocycles. The third kappa shape index (κ3) is 4.25. The molecule has 1 N–H and O–H groups in total. The van der Waals surface area contributed by atoms with E-state index in [0.29, 0.717) is 17.9 Å². The molecule has 1 amide bonds. The molecule has 1 aliphatic carbocycles. The van der Waals surface area contributed by atoms with E-state index < -0.39 is 5.54 Å². The smallest absolute Gasteiger partial charge is 0.252 e. The Kier molecular flexibility index (Phi) is 5.67. The SMILES string of the molecule is Cc1cnc(-c2cc(C3(NC(=O)c4cc(N5CC6CCC(C5)N6C)ccc4C)CC3)c3cccnc3c2)nc1. The molecule has 2 bridgehead atoms. The Hall–Kier alpha value is -3.84. The molecule has 3 fully saturated rings. The van der Waals surface area contributed by atoms with Crippen molar-refractivity contribution in [3.05, 3.63) is 83.3 Å². The second-order valence-corrected chi connectivity index (χ2v) is 11.7. The van der Waals surface area contributed by atoms with Crippen molar-refractivity contribution in [1.82, 2.24) is 25.2 Å². The molecule has 3 aliphatic rings. The molecule has 2 aromatic carbocycles. The number of nitrogens with one attached hydrogen (secondary N) is 1. The van der Waals surface area contributed by atoms with E-state index in [-0.39, 0.29) is 5.91 Å². The van der Waals surface area contributed by atoms with E-state index in [1.54, 1.807) is 0 Å². The highest BCUT2D eigenvalue weighted by atomic mass is 16.1. The molecule has 7 nitrogen and oxygen atoms in total. The zero-order chi connectivity index (χ0) is 26.7. The predicted molar refractivity (Wildman–Crippen MR) is 154 cm³/mol. The molecule has 39 heavy (non-hydrogen) atoms. The number of benzene rings is 2. The summed E-state index contributed by atoms with van der Waals surface area (Å²) in [5.41, 5.74) is 6.39. The van der Waals surface area contributed by atoms with Crippen molar-refractivity contribution < 1.29 is 4.79 Å². The van der Waals surface area contributed by atoms with Gasteiger partial charge < -0.3 is 10.2 Å². The molecule has 2 aromatic heterocycles. The van der Waals surface area contributed by atoms with Gasteiger partial charge in [0, 0.05) is 66.0 Å². The predicted octanol–water partition coefficient (Wildman–Crippen LogP) is 5.01. The Morgan fingerprint density at radius 2 is 1.72 bits per heavy atom. The van der Waals surface area contributed by atoms with Crippen LogP contribution in [0.5, 0.6) is 0 Å². The number of nitrogens with zero attached hydrogens (tertiary/aromatic N) is 5. The molecule has 4 aromatic rings. The van der Waals surface area contributed by atoms with Crippen LogP contribution in [0.25, 0.3) is 22.3 Å². The Morgan fingerprint density at radius 1 is 0.974 bits per heavy atom. The molecule has 0 radical (unpaired) electrons. The first-order valence-electron chi connectivity index (χ1n) is 14.0. The Balaban J connectivity index is 1.21. The average molecular weight is 519 g/mol. The van der Waals surface area contributed by atoms with E-state index in [4.69, 9.17) is 0 Å². The highest BCUT2D eigenvalue weighted by Crippen LogP contribution is 2.49. The van der Waals surface area contributed by atoms with Crippen molar-refractivity contribution in [3.63, 3.8) is 0 Å². The number of amides is 1. The number of pyridine rings is 1. The number of carbonyl (C=O) groups excluding carboxylic acids is 1. The van der Waals surface area contributed by atoms with Crippen LogP contribution in [0.15, 0.2) is 61.1 Å². The van der Waals surface area contributed by atoms with E-state index in [0.717, 1.165) is 70.3 Å². The molecule has 2 atom stereocenters. The molecule has 0 spiro atoms. The topological polar surface area (TPSA) is 74.2 Å². The van der Waals surface area contributed by atoms with Crippen LogP contribution in [-0.4, -0.2) is 58.0 Å². The van der Waals surface area contributed by atoms with E-state index >= 15 is 0 Å². The number of likely N-dealkylation sites (N-methyl/N-ethyl adjacent to an activating group) is 1. The Morgan fingerprint density at radius 3 is 2.44 bits per heavy atom. The summed E-state index contributed by atoms with van der Waals surface area (Å²) in [6, 6.07) is 15.8. The van der Waals surface area contributed by atoms with Crippen LogP contribution >= 0.6 is 0 Å². The number of piperazine rings is 1. The summed E-state index contributed by atoms with van der Waals surface area (Å²) in [5, 5.41) is 4.51. The van der Waals surface area contributed by atoms with Crippen LogP contribution in [0.1, 0.15) is 52.7 Å². The van der Waals surface area contributed by atoms with Crippen LogP contribution in [0, 0.1) is 13.8 Å². The quantitative estimate of drug-likeness (QED) is 0.400. The fourth-order valence-electron chi connectivity index (χ4n) is 6.50. The lowest BCUT2D eigenvalue weighted by atomic mass is 9.95. The van der Waals surface area contributed by atoms with Gasteiger partial charge in [0.05, 0.1) is 11.1 Å². The highest BCUT2D eigenvalue weighted by molar-refractivity contribution is 5.98. The monoisotopic (exact) mass is 518 g/mol. The summed E-state index contributed by atoms with van der Waals surface area (Å²) in [6.07, 6.45) is 9.78. The first-order valence-corrected chi connectivity index (χ1v) is 14.0. The van der Waals surface area contributed by atoms with Gasteiger partial charge >= 0.3 is 0 Å². The van der Waals surface area contributed by atoms with Crippen molar-refractivity contribution in [3.8, 4) is 11.4 Å². The summed E-state index contributed by atoms with van der Waals surface area (Å²) < 4.78 is 0. The molecule has 2 aliphatic heterocycles. The van der Waals surface area contributed by atoms with Crippen LogP contribution in [0.4, 0.5) is 5.69 Å². The van der Waals surface area contributed by atoms with Gasteiger partial charge in [-0.1, -0.05) is 12.1 Å². The van der Waals surface area contributed by atoms with E-state index in [1.807, 2.05) is 44.6 Å². The van der Waals surface area contributed by atoms with E-state index in [9.17, 15) is 4.79 Å². The molecule has 2 unspecified atom stereocenters. The normalized spacial score (nSPS) is 21.8. The number of carbonyl (C=O) groups is 1. The second kappa shape index (κ2) is 9.12. The van der Waals surface area contributed by atoms with Gasteiger partial charge in [0.2, 0.25) is 0 Å². The summed E-state index contributed by atoms with van der Waals surface area (Å²) >= 11 is 0. The molecule has 7 rings (SSSR count). The number of aryl methyl sites for hydroxylation is 2. The van der Waals surface area contributed by atoms with E-state index in [2.05, 4.69) is 67.4 Å². The van der Waals surface area contributed by atoms with E-state index in [1.165, 1.54) is 12.8 Å². The van der Waals surface area contributed by atoms with Gasteiger partial charge in [0.25, 0.3) is 5.91 Å². The van der Waals surface area contributed by atoms with Crippen molar-refractivity contribution in [2.45, 2.75) is 57.2 Å². The standard InChI is InChI=1S/C32H34N6O/c1-20-16-34-30(35-17-20)22-13-28(26-5-4-12-33-29(26)14-22)32(10-11-32)36-31(39)27-15-23(7-6-21(27)2)38-18-24-8-9-25(19-38)37(24)3/h4-7,12-17,24-25H,8-11,18-19H2,1-3H3,(H,36,39). The van der Waals surface area contributed by atoms with Crippen molar-refractivity contribution in [2.75, 3.05) is 25.0 Å². The molecule has 198 valence electrons. The lowest BCUT2D eigenvalue weighted by Gasteiger charge is -2.40. The number of hydrogen-bond acceptors (Lipinski definition) is 6. The highest BCUT2D eigenvalue weighted by Gasteiger charge is 2.47. The maximum atomic E-state index is 13.9. The maximum absolute atomic E-state index is 13.9. The fourth-order valence-corrected chi connectivity index (χ4v) is 6.50. The Labute approximate surface area is 229 Å². The lowest BCUT2D eigenvalue weighted by Crippen LogP contribution is -2.52. The van der Waals surface area contributed by atoms with Crippen molar-refractivity contribution >= 4 is 22.5 Å². The molecular formula is C32H34N6O. The Bertz CT molecular complexity index is 1560. The van der Waals surface area contributed by atoms with Gasteiger partial charge in [0.15, 0.2) is 5.82 Å². The third-order valence-electron chi connectivity index (χ3n) is 9.06. The van der Waals surface area contributed by atoms with Gasteiger partial charge in [-0.2, -0.15) is 0 Å². The molecule has 1 saturated carbocycles. The van der Waals surface area contributed by atoms with Gasteiger partial charge in [-0.15, -0.1) is 0 Å². The minimum Gasteiger partial charge on any atom is -0.368 e. The molecule has 4 heterocycles. The molecule has 7 heteroatoms. The van der Waals surface area contributed by atoms with Crippen LogP contribution in [0.3, 0.4) is 0 Å². The first kappa shape index (κ1) is 24.2. The van der Waals surface area contributed by atoms with Crippen LogP contribution in [-0.2, 0) is 5.54 Å². The van der Waals surface area contributed by atoms with Gasteiger partial charge in [-0.3, -0.25) is 14.7 Å². The fraction of sp³-hybridized carbons (Fsp3) is 0.375. The third-order valence-corrected chi connectivity index (χ3v) is 9.06. The van der Waals surface area contributed by atoms with Gasteiger partial charge in [-0.05, 0) is 93.6 Å². The lowest BCUT2D eigenvalue weighted by molar-refractivity contribution is 0.0930. The maximum Gasteiger partial charge on any atom is 0.252 e. The zero-order valence-corrected chi connectivity index (χ0v) is 22.8. The summed E-state index contributed by atoms with van der Waals surface area (Å²) in [7, 11) is 2.25. The van der Waals surface area contributed by atoms with Gasteiger partial charge in [0.1, 0.15) is 0 Å². The minimum absolute atomic E-state index is 0.0158. The summed E-state index contributed by atoms with van der Waals surface area (Å²) in [6.45, 7) is 6.05. The van der Waals surface area contributed by atoms with Crippen molar-refractivity contribution in [2.24, 2.45) is 0 Å². The van der Waals surface area contributed by atoms with Gasteiger partial charge in [-0.25, -0.2) is 9.97 Å². The minimum atomic E-state index is -0.422. The summed E-state index contributed by atoms with van der Waals surface area (Å²) in [5.74, 6) is 0.652. The number of anilines is 1. The zero-order valence-electron chi connectivity index (χ0n) is 22.8. The number of hydrogen-bond donors (Lipinski definition) is 1. The molecular weight excluding hydrogens is 484 g/mol. The average Bonchev–Trinajstić information content (AvgIpc) is 3.70. The first-order chi connectivity index (χ1) is 18.9. The second-order valence-electron chi connectivity index (χ2n) is 11.7. The number of aromatic nitrogens is 3. The van der Waals surface area contributed by atoms with Crippen molar-refractivity contribution in [1.29, 1.82) is 0 Å². The number of rotatable bonds is 5.